The number of nitrogens with zero attached hydrogens (tertiary/aromatic N) is 6. The Balaban J connectivity index is -0.000000262. The zero-order valence-corrected chi connectivity index (χ0v) is 12.4. The summed E-state index contributed by atoms with van der Waals surface area (Å²) in [6.45, 7) is 2.29. The molecule has 0 heterocycles. The molecule has 0 fully saturated rings. The van der Waals surface area contributed by atoms with Gasteiger partial charge in [0.25, 0.3) is 0 Å². The third-order valence-electron chi connectivity index (χ3n) is 1.69. The molecule has 6 nitrogen and oxygen atoms in total. The molecule has 0 aliphatic rings. The van der Waals surface area contributed by atoms with E-state index in [0.29, 0.717) is 0 Å². The zero-order chi connectivity index (χ0) is 14.6. The van der Waals surface area contributed by atoms with Crippen LogP contribution in [0.5, 0.6) is 0 Å². The van der Waals surface area contributed by atoms with Gasteiger partial charge in [-0.3, -0.25) is 11.8 Å². The molecule has 0 bridgehead atoms. The number of nitriles is 4. The molecular formula is C12H16N6Ni. The zero-order valence-electron chi connectivity index (χ0n) is 11.4. The normalized spacial score (nSPS) is 7.68. The topological polar surface area (TPSA) is 102 Å². The monoisotopic (exact) mass is 302 g/mol. The van der Waals surface area contributed by atoms with E-state index < -0.39 is 11.8 Å². The Hall–Kier alpha value is -1.89. The molecule has 0 aliphatic carbocycles. The fourth-order valence-corrected chi connectivity index (χ4v) is 0.674. The van der Waals surface area contributed by atoms with Crippen LogP contribution in [0.3, 0.4) is 0 Å². The average Bonchev–Trinajstić information content (AvgIpc) is 2.34. The van der Waals surface area contributed by atoms with Crippen molar-refractivity contribution in [1.29, 1.82) is 21.0 Å². The molecule has 7 heteroatoms. The SMILES string of the molecule is CN(C)CCN(C)C.N#C[C-](C#N)[C-](C#N)C#N.[Ni+2]. The van der Waals surface area contributed by atoms with E-state index in [1.165, 1.54) is 24.3 Å². The first-order valence-corrected chi connectivity index (χ1v) is 5.07. The van der Waals surface area contributed by atoms with E-state index in [4.69, 9.17) is 21.0 Å². The first kappa shape index (κ1) is 22.3. The third kappa shape index (κ3) is 14.1. The van der Waals surface area contributed by atoms with Crippen LogP contribution in [-0.2, 0) is 16.5 Å². The molecule has 104 valence electrons. The molecule has 0 aliphatic heterocycles. The first-order chi connectivity index (χ1) is 8.42. The fourth-order valence-electron chi connectivity index (χ4n) is 0.674. The number of likely N-dealkylation sites (N-methyl/N-ethyl adjacent to an activating group) is 2. The van der Waals surface area contributed by atoms with Gasteiger partial charge in [-0.1, -0.05) is 0 Å². The van der Waals surface area contributed by atoms with Gasteiger partial charge in [0.05, 0.1) is 0 Å². The Morgan fingerprint density at radius 1 is 0.684 bits per heavy atom. The summed E-state index contributed by atoms with van der Waals surface area (Å²) in [5, 5.41) is 32.5. The second-order valence-corrected chi connectivity index (χ2v) is 3.80. The van der Waals surface area contributed by atoms with Crippen LogP contribution < -0.4 is 0 Å². The van der Waals surface area contributed by atoms with E-state index in [9.17, 15) is 0 Å². The molecule has 0 aromatic rings. The van der Waals surface area contributed by atoms with Gasteiger partial charge in [-0.05, 0) is 28.2 Å². The summed E-state index contributed by atoms with van der Waals surface area (Å²) in [4.78, 5) is 4.36. The molecule has 0 amide bonds. The van der Waals surface area contributed by atoms with Crippen LogP contribution in [0.25, 0.3) is 0 Å². The van der Waals surface area contributed by atoms with Crippen molar-refractivity contribution in [2.24, 2.45) is 0 Å². The van der Waals surface area contributed by atoms with E-state index in [0.717, 1.165) is 13.1 Å². The molecule has 0 spiro atoms. The van der Waals surface area contributed by atoms with E-state index in [-0.39, 0.29) is 16.5 Å². The Morgan fingerprint density at radius 3 is 1.00 bits per heavy atom. The van der Waals surface area contributed by atoms with Crippen molar-refractivity contribution < 1.29 is 16.5 Å². The van der Waals surface area contributed by atoms with Gasteiger partial charge in [-0.15, -0.1) is 24.3 Å². The fraction of sp³-hybridized carbons (Fsp3) is 0.500. The predicted molar refractivity (Wildman–Crippen MR) is 66.0 cm³/mol. The van der Waals surface area contributed by atoms with Crippen LogP contribution in [0.4, 0.5) is 0 Å². The smallest absolute Gasteiger partial charge is 0.308 e. The Labute approximate surface area is 125 Å². The average molecular weight is 303 g/mol. The van der Waals surface area contributed by atoms with Gasteiger partial charge in [0.1, 0.15) is 0 Å². The van der Waals surface area contributed by atoms with Crippen molar-refractivity contribution in [3.63, 3.8) is 0 Å². The second kappa shape index (κ2) is 14.2. The number of hydrogen-bond acceptors (Lipinski definition) is 6. The molecule has 0 N–H and O–H groups in total. The molecule has 0 rings (SSSR count). The van der Waals surface area contributed by atoms with Gasteiger partial charge in [0.2, 0.25) is 0 Å². The van der Waals surface area contributed by atoms with Crippen molar-refractivity contribution in [1.82, 2.24) is 9.80 Å². The molecule has 0 aromatic carbocycles. The van der Waals surface area contributed by atoms with Gasteiger partial charge < -0.3 is 9.80 Å². The van der Waals surface area contributed by atoms with Crippen molar-refractivity contribution in [2.75, 3.05) is 41.3 Å². The van der Waals surface area contributed by atoms with E-state index in [2.05, 4.69) is 38.0 Å². The minimum atomic E-state index is -0.440. The Morgan fingerprint density at radius 2 is 0.895 bits per heavy atom. The minimum absolute atomic E-state index is 0. The predicted octanol–water partition coefficient (Wildman–Crippen LogP) is 0.337. The standard InChI is InChI=1S/C6N4.C6H16N2.Ni/c7-1-5(2-8)6(3-9)4-10;1-7(2)5-6-8(3)4;/h;5-6H2,1-4H3;/q-2;;+2. The van der Waals surface area contributed by atoms with Crippen molar-refractivity contribution in [2.45, 2.75) is 0 Å². The summed E-state index contributed by atoms with van der Waals surface area (Å²) in [6, 6.07) is 5.71. The maximum absolute atomic E-state index is 8.13. The minimum Gasteiger partial charge on any atom is -0.308 e. The van der Waals surface area contributed by atoms with Gasteiger partial charge in [-0.2, -0.15) is 0 Å². The summed E-state index contributed by atoms with van der Waals surface area (Å²) >= 11 is 0. The molecule has 19 heavy (non-hydrogen) atoms. The molecule has 0 unspecified atom stereocenters. The summed E-state index contributed by atoms with van der Waals surface area (Å²) in [7, 11) is 8.35. The quantitative estimate of drug-likeness (QED) is 0.548. The van der Waals surface area contributed by atoms with Crippen LogP contribution in [0, 0.1) is 57.2 Å². The Bertz CT molecular complexity index is 313. The maximum Gasteiger partial charge on any atom is 2.00 e. The number of hydrogen-bond donors (Lipinski definition) is 0. The van der Waals surface area contributed by atoms with Crippen LogP contribution in [0.15, 0.2) is 0 Å². The summed E-state index contributed by atoms with van der Waals surface area (Å²) in [5.74, 6) is -0.880. The third-order valence-corrected chi connectivity index (χ3v) is 1.69. The van der Waals surface area contributed by atoms with Gasteiger partial charge in [-0.25, -0.2) is 21.0 Å². The molecule has 0 atom stereocenters. The summed E-state index contributed by atoms with van der Waals surface area (Å²) in [6.07, 6.45) is 0. The molecular weight excluding hydrogens is 287 g/mol. The van der Waals surface area contributed by atoms with Crippen molar-refractivity contribution in [3.8, 4) is 24.3 Å². The van der Waals surface area contributed by atoms with E-state index in [1.807, 2.05) is 0 Å². The molecule has 0 saturated heterocycles. The molecule has 0 saturated carbocycles. The van der Waals surface area contributed by atoms with Gasteiger partial charge in [0.15, 0.2) is 0 Å². The molecule has 0 radical (unpaired) electrons. The number of rotatable bonds is 4. The van der Waals surface area contributed by atoms with Crippen LogP contribution in [0.1, 0.15) is 0 Å². The van der Waals surface area contributed by atoms with E-state index in [1.54, 1.807) is 0 Å². The van der Waals surface area contributed by atoms with Crippen LogP contribution >= 0.6 is 0 Å². The Kier molecular flexibility index (Phi) is 16.6. The van der Waals surface area contributed by atoms with Crippen LogP contribution in [-0.4, -0.2) is 51.1 Å². The molecule has 0 aromatic heterocycles. The van der Waals surface area contributed by atoms with Gasteiger partial charge >= 0.3 is 16.5 Å². The largest absolute Gasteiger partial charge is 2.00 e. The summed E-state index contributed by atoms with van der Waals surface area (Å²) < 4.78 is 0. The second-order valence-electron chi connectivity index (χ2n) is 3.80. The maximum atomic E-state index is 8.13. The van der Waals surface area contributed by atoms with Crippen molar-refractivity contribution >= 4 is 0 Å². The van der Waals surface area contributed by atoms with Crippen LogP contribution in [0.2, 0.25) is 0 Å². The van der Waals surface area contributed by atoms with Crippen molar-refractivity contribution in [3.05, 3.63) is 11.8 Å². The first-order valence-electron chi connectivity index (χ1n) is 5.07. The van der Waals surface area contributed by atoms with Gasteiger partial charge in [0, 0.05) is 13.1 Å². The van der Waals surface area contributed by atoms with E-state index >= 15 is 0 Å². The summed E-state index contributed by atoms with van der Waals surface area (Å²) in [5.41, 5.74) is 0.